The molecule has 0 aromatic rings. The maximum atomic E-state index is 12.1. The van der Waals surface area contributed by atoms with Gasteiger partial charge in [0.05, 0.1) is 6.04 Å². The van der Waals surface area contributed by atoms with Crippen molar-refractivity contribution in [3.05, 3.63) is 0 Å². The van der Waals surface area contributed by atoms with Crippen molar-refractivity contribution in [3.63, 3.8) is 0 Å². The van der Waals surface area contributed by atoms with Crippen LogP contribution in [0.4, 0.5) is 0 Å². The van der Waals surface area contributed by atoms with Crippen LogP contribution in [0, 0.1) is 5.92 Å². The second-order valence-electron chi connectivity index (χ2n) is 5.30. The molecule has 0 aromatic carbocycles. The standard InChI is InChI=1S/C13H24N2O/c1-2-11(14)13(16)15-9-5-8-12(15)10-6-3-4-7-10/h10-12H,2-9,14H2,1H3/t11-,12?/m0/s1. The molecule has 3 nitrogen and oxygen atoms in total. The van der Waals surface area contributed by atoms with Gasteiger partial charge in [-0.15, -0.1) is 0 Å². The summed E-state index contributed by atoms with van der Waals surface area (Å²) in [7, 11) is 0. The number of nitrogens with two attached hydrogens (primary N) is 1. The lowest BCUT2D eigenvalue weighted by molar-refractivity contribution is -0.134. The molecular weight excluding hydrogens is 200 g/mol. The molecule has 2 fully saturated rings. The molecule has 2 aliphatic rings. The van der Waals surface area contributed by atoms with E-state index in [1.165, 1.54) is 38.5 Å². The second-order valence-corrected chi connectivity index (χ2v) is 5.30. The van der Waals surface area contributed by atoms with Crippen LogP contribution in [0.15, 0.2) is 0 Å². The predicted octanol–water partition coefficient (Wildman–Crippen LogP) is 1.90. The summed E-state index contributed by atoms with van der Waals surface area (Å²) in [5.74, 6) is 0.951. The van der Waals surface area contributed by atoms with Gasteiger partial charge in [-0.2, -0.15) is 0 Å². The van der Waals surface area contributed by atoms with Gasteiger partial charge in [-0.3, -0.25) is 4.79 Å². The Hall–Kier alpha value is -0.570. The average Bonchev–Trinajstić information content (AvgIpc) is 2.95. The van der Waals surface area contributed by atoms with Crippen molar-refractivity contribution in [2.24, 2.45) is 11.7 Å². The molecule has 2 atom stereocenters. The molecule has 1 amide bonds. The molecule has 3 heteroatoms. The molecule has 0 bridgehead atoms. The van der Waals surface area contributed by atoms with Crippen molar-refractivity contribution in [1.29, 1.82) is 0 Å². The zero-order valence-corrected chi connectivity index (χ0v) is 10.3. The van der Waals surface area contributed by atoms with E-state index in [9.17, 15) is 4.79 Å². The lowest BCUT2D eigenvalue weighted by Crippen LogP contribution is -2.47. The quantitative estimate of drug-likeness (QED) is 0.796. The monoisotopic (exact) mass is 224 g/mol. The molecule has 1 aliphatic carbocycles. The van der Waals surface area contributed by atoms with Crippen LogP contribution in [0.3, 0.4) is 0 Å². The smallest absolute Gasteiger partial charge is 0.239 e. The van der Waals surface area contributed by atoms with E-state index in [0.29, 0.717) is 6.04 Å². The summed E-state index contributed by atoms with van der Waals surface area (Å²) < 4.78 is 0. The molecular formula is C13H24N2O. The molecule has 1 heterocycles. The molecule has 1 aliphatic heterocycles. The molecule has 1 saturated heterocycles. The van der Waals surface area contributed by atoms with E-state index in [1.807, 2.05) is 6.92 Å². The van der Waals surface area contributed by atoms with E-state index in [2.05, 4.69) is 4.90 Å². The number of rotatable bonds is 3. The Morgan fingerprint density at radius 1 is 1.31 bits per heavy atom. The number of hydrogen-bond donors (Lipinski definition) is 1. The van der Waals surface area contributed by atoms with Crippen LogP contribution in [0.25, 0.3) is 0 Å². The highest BCUT2D eigenvalue weighted by molar-refractivity contribution is 5.82. The van der Waals surface area contributed by atoms with Crippen LogP contribution < -0.4 is 5.73 Å². The molecule has 16 heavy (non-hydrogen) atoms. The van der Waals surface area contributed by atoms with Gasteiger partial charge in [0, 0.05) is 12.6 Å². The molecule has 0 radical (unpaired) electrons. The van der Waals surface area contributed by atoms with E-state index in [4.69, 9.17) is 5.73 Å². The number of carbonyl (C=O) groups excluding carboxylic acids is 1. The maximum Gasteiger partial charge on any atom is 0.239 e. The van der Waals surface area contributed by atoms with E-state index in [-0.39, 0.29) is 11.9 Å². The predicted molar refractivity (Wildman–Crippen MR) is 65.0 cm³/mol. The first-order valence-corrected chi connectivity index (χ1v) is 6.80. The zero-order valence-electron chi connectivity index (χ0n) is 10.3. The van der Waals surface area contributed by atoms with Gasteiger partial charge < -0.3 is 10.6 Å². The van der Waals surface area contributed by atoms with Gasteiger partial charge in [0.15, 0.2) is 0 Å². The van der Waals surface area contributed by atoms with Gasteiger partial charge in [-0.1, -0.05) is 19.8 Å². The van der Waals surface area contributed by atoms with Crippen LogP contribution in [0.1, 0.15) is 51.9 Å². The lowest BCUT2D eigenvalue weighted by Gasteiger charge is -2.31. The Kier molecular flexibility index (Phi) is 3.85. The van der Waals surface area contributed by atoms with Crippen molar-refractivity contribution in [2.45, 2.75) is 64.0 Å². The summed E-state index contributed by atoms with van der Waals surface area (Å²) in [6.45, 7) is 2.93. The summed E-state index contributed by atoms with van der Waals surface area (Å²) >= 11 is 0. The molecule has 0 spiro atoms. The number of likely N-dealkylation sites (tertiary alicyclic amines) is 1. The van der Waals surface area contributed by atoms with Crippen molar-refractivity contribution >= 4 is 5.91 Å². The summed E-state index contributed by atoms with van der Waals surface area (Å²) in [5, 5.41) is 0. The Morgan fingerprint density at radius 3 is 2.62 bits per heavy atom. The first-order valence-electron chi connectivity index (χ1n) is 6.80. The number of hydrogen-bond acceptors (Lipinski definition) is 2. The molecule has 92 valence electrons. The topological polar surface area (TPSA) is 46.3 Å². The highest BCUT2D eigenvalue weighted by Crippen LogP contribution is 2.35. The number of amides is 1. The van der Waals surface area contributed by atoms with Crippen LogP contribution in [-0.4, -0.2) is 29.4 Å². The minimum atomic E-state index is -0.276. The Balaban J connectivity index is 1.99. The van der Waals surface area contributed by atoms with Crippen LogP contribution in [0.2, 0.25) is 0 Å². The van der Waals surface area contributed by atoms with Gasteiger partial charge in [-0.05, 0) is 38.0 Å². The van der Waals surface area contributed by atoms with Crippen LogP contribution >= 0.6 is 0 Å². The summed E-state index contributed by atoms with van der Waals surface area (Å²) in [4.78, 5) is 14.2. The first-order chi connectivity index (χ1) is 7.74. The fraction of sp³-hybridized carbons (Fsp3) is 0.923. The van der Waals surface area contributed by atoms with E-state index >= 15 is 0 Å². The van der Waals surface area contributed by atoms with Gasteiger partial charge in [-0.25, -0.2) is 0 Å². The summed E-state index contributed by atoms with van der Waals surface area (Å²) in [5.41, 5.74) is 5.87. The minimum absolute atomic E-state index is 0.192. The van der Waals surface area contributed by atoms with Gasteiger partial charge >= 0.3 is 0 Å². The molecule has 2 rings (SSSR count). The van der Waals surface area contributed by atoms with Crippen molar-refractivity contribution in [1.82, 2.24) is 4.90 Å². The summed E-state index contributed by atoms with van der Waals surface area (Å²) in [6, 6.07) is 0.231. The highest BCUT2D eigenvalue weighted by Gasteiger charge is 2.36. The molecule has 2 N–H and O–H groups in total. The third-order valence-electron chi connectivity index (χ3n) is 4.28. The molecule has 0 aromatic heterocycles. The van der Waals surface area contributed by atoms with E-state index in [1.54, 1.807) is 0 Å². The Bertz CT molecular complexity index is 248. The third kappa shape index (κ3) is 2.24. The van der Waals surface area contributed by atoms with Crippen LogP contribution in [0.5, 0.6) is 0 Å². The molecule has 1 unspecified atom stereocenters. The zero-order chi connectivity index (χ0) is 11.5. The van der Waals surface area contributed by atoms with Gasteiger partial charge in [0.2, 0.25) is 5.91 Å². The number of carbonyl (C=O) groups is 1. The molecule has 1 saturated carbocycles. The minimum Gasteiger partial charge on any atom is -0.338 e. The average molecular weight is 224 g/mol. The largest absolute Gasteiger partial charge is 0.338 e. The van der Waals surface area contributed by atoms with E-state index < -0.39 is 0 Å². The highest BCUT2D eigenvalue weighted by atomic mass is 16.2. The lowest BCUT2D eigenvalue weighted by atomic mass is 9.95. The Morgan fingerprint density at radius 2 is 2.00 bits per heavy atom. The normalized spacial score (nSPS) is 28.6. The van der Waals surface area contributed by atoms with Crippen LogP contribution in [-0.2, 0) is 4.79 Å². The fourth-order valence-electron chi connectivity index (χ4n) is 3.29. The maximum absolute atomic E-state index is 12.1. The van der Waals surface area contributed by atoms with Gasteiger partial charge in [0.25, 0.3) is 0 Å². The summed E-state index contributed by atoms with van der Waals surface area (Å²) in [6.07, 6.45) is 8.46. The SMILES string of the molecule is CC[C@H](N)C(=O)N1CCCC1C1CCCC1. The number of nitrogens with zero attached hydrogens (tertiary/aromatic N) is 1. The Labute approximate surface area is 98.4 Å². The third-order valence-corrected chi connectivity index (χ3v) is 4.28. The van der Waals surface area contributed by atoms with Crippen molar-refractivity contribution in [3.8, 4) is 0 Å². The van der Waals surface area contributed by atoms with Crippen molar-refractivity contribution in [2.75, 3.05) is 6.54 Å². The van der Waals surface area contributed by atoms with Gasteiger partial charge in [0.1, 0.15) is 0 Å². The van der Waals surface area contributed by atoms with Crippen molar-refractivity contribution < 1.29 is 4.79 Å². The first kappa shape index (κ1) is 11.9. The van der Waals surface area contributed by atoms with E-state index in [0.717, 1.165) is 18.9 Å². The fourth-order valence-corrected chi connectivity index (χ4v) is 3.29. The second kappa shape index (κ2) is 5.17.